The monoisotopic (exact) mass is 406 g/mol. The minimum atomic E-state index is -0.00195. The molecule has 7 heteroatoms. The molecule has 2 fully saturated rings. The molecule has 0 radical (unpaired) electrons. The Morgan fingerprint density at radius 1 is 1.07 bits per heavy atom. The number of rotatable bonds is 4. The first-order valence-electron chi connectivity index (χ1n) is 11.1. The molecule has 1 saturated heterocycles. The van der Waals surface area contributed by atoms with E-state index >= 15 is 0 Å². The van der Waals surface area contributed by atoms with Crippen LogP contribution in [0.5, 0.6) is 0 Å². The van der Waals surface area contributed by atoms with Crippen LogP contribution in [0.3, 0.4) is 0 Å². The minimum absolute atomic E-state index is 0.00195. The van der Waals surface area contributed by atoms with Crippen molar-refractivity contribution < 1.29 is 0 Å². The number of fused-ring (bicyclic) bond motifs is 1. The second-order valence-electron chi connectivity index (χ2n) is 8.82. The molecule has 0 bridgehead atoms. The number of nitrogens with zero attached hydrogens (tertiary/aromatic N) is 5. The summed E-state index contributed by atoms with van der Waals surface area (Å²) in [6.45, 7) is 2.26. The zero-order valence-electron chi connectivity index (χ0n) is 17.6. The van der Waals surface area contributed by atoms with Crippen molar-refractivity contribution in [2.75, 3.05) is 18.0 Å². The Kier molecular flexibility index (Phi) is 5.06. The number of nitrogens with two attached hydrogens (primary N) is 1. The standard InChI is InChI=1S/C23H30N6O/c1-27-21(17-10-5-6-11-17)25-20-19(22(27)30)29(14-16-8-3-2-4-9-16)23(26-20)28-13-7-12-18(24)15-28/h2-4,8-9,17-18H,5-7,10-15,24H2,1H3. The molecule has 0 amide bonds. The van der Waals surface area contributed by atoms with Gasteiger partial charge in [0.2, 0.25) is 5.95 Å². The molecular formula is C23H30N6O. The van der Waals surface area contributed by atoms with E-state index in [4.69, 9.17) is 15.7 Å². The topological polar surface area (TPSA) is 82.0 Å². The third kappa shape index (κ3) is 3.41. The zero-order chi connectivity index (χ0) is 20.7. The highest BCUT2D eigenvalue weighted by Crippen LogP contribution is 2.33. The quantitative estimate of drug-likeness (QED) is 0.720. The van der Waals surface area contributed by atoms with Crippen LogP contribution in [0.2, 0.25) is 0 Å². The van der Waals surface area contributed by atoms with Crippen molar-refractivity contribution in [3.05, 3.63) is 52.1 Å². The average molecular weight is 407 g/mol. The molecule has 5 rings (SSSR count). The van der Waals surface area contributed by atoms with E-state index in [1.165, 1.54) is 12.8 Å². The van der Waals surface area contributed by atoms with Gasteiger partial charge < -0.3 is 10.6 Å². The van der Waals surface area contributed by atoms with Crippen molar-refractivity contribution in [3.8, 4) is 0 Å². The van der Waals surface area contributed by atoms with Gasteiger partial charge in [0.05, 0.1) is 6.54 Å². The summed E-state index contributed by atoms with van der Waals surface area (Å²) in [6.07, 6.45) is 6.68. The van der Waals surface area contributed by atoms with Crippen LogP contribution in [0.4, 0.5) is 5.95 Å². The predicted molar refractivity (Wildman–Crippen MR) is 119 cm³/mol. The third-order valence-electron chi connectivity index (χ3n) is 6.64. The van der Waals surface area contributed by atoms with Crippen LogP contribution in [-0.4, -0.2) is 38.2 Å². The lowest BCUT2D eigenvalue weighted by Gasteiger charge is -2.31. The van der Waals surface area contributed by atoms with E-state index in [1.54, 1.807) is 4.57 Å². The van der Waals surface area contributed by atoms with Gasteiger partial charge >= 0.3 is 0 Å². The highest BCUT2D eigenvalue weighted by Gasteiger charge is 2.28. The van der Waals surface area contributed by atoms with Gasteiger partial charge in [-0.1, -0.05) is 43.2 Å². The summed E-state index contributed by atoms with van der Waals surface area (Å²) in [7, 11) is 1.86. The summed E-state index contributed by atoms with van der Waals surface area (Å²) >= 11 is 0. The van der Waals surface area contributed by atoms with Crippen LogP contribution in [0.25, 0.3) is 11.2 Å². The Morgan fingerprint density at radius 2 is 1.83 bits per heavy atom. The summed E-state index contributed by atoms with van der Waals surface area (Å²) < 4.78 is 3.81. The van der Waals surface area contributed by atoms with Crippen LogP contribution in [0.1, 0.15) is 55.8 Å². The summed E-state index contributed by atoms with van der Waals surface area (Å²) in [6, 6.07) is 10.4. The molecule has 1 atom stereocenters. The molecule has 158 valence electrons. The van der Waals surface area contributed by atoms with Gasteiger partial charge in [-0.25, -0.2) is 4.98 Å². The Morgan fingerprint density at radius 3 is 2.57 bits per heavy atom. The van der Waals surface area contributed by atoms with E-state index in [2.05, 4.69) is 21.6 Å². The smallest absolute Gasteiger partial charge is 0.279 e. The summed E-state index contributed by atoms with van der Waals surface area (Å²) in [4.78, 5) is 25.6. The van der Waals surface area contributed by atoms with E-state index in [0.717, 1.165) is 56.1 Å². The second-order valence-corrected chi connectivity index (χ2v) is 8.82. The fourth-order valence-electron chi connectivity index (χ4n) is 5.06. The number of imidazole rings is 1. The van der Waals surface area contributed by atoms with Gasteiger partial charge in [-0.05, 0) is 31.2 Å². The van der Waals surface area contributed by atoms with Crippen molar-refractivity contribution in [3.63, 3.8) is 0 Å². The highest BCUT2D eigenvalue weighted by molar-refractivity contribution is 5.74. The molecule has 1 aliphatic carbocycles. The maximum atomic E-state index is 13.5. The van der Waals surface area contributed by atoms with Crippen LogP contribution >= 0.6 is 0 Å². The van der Waals surface area contributed by atoms with Crippen molar-refractivity contribution in [1.29, 1.82) is 0 Å². The lowest BCUT2D eigenvalue weighted by molar-refractivity contribution is 0.495. The molecule has 1 unspecified atom stereocenters. The maximum Gasteiger partial charge on any atom is 0.279 e. The number of hydrogen-bond acceptors (Lipinski definition) is 5. The molecule has 3 heterocycles. The summed E-state index contributed by atoms with van der Waals surface area (Å²) in [5, 5.41) is 0. The molecule has 30 heavy (non-hydrogen) atoms. The first-order valence-corrected chi connectivity index (χ1v) is 11.1. The normalized spacial score (nSPS) is 20.3. The molecule has 2 aliphatic rings. The van der Waals surface area contributed by atoms with E-state index in [1.807, 2.05) is 25.2 Å². The molecule has 7 nitrogen and oxygen atoms in total. The van der Waals surface area contributed by atoms with Crippen molar-refractivity contribution in [2.24, 2.45) is 12.8 Å². The van der Waals surface area contributed by atoms with Crippen molar-refractivity contribution in [1.82, 2.24) is 19.1 Å². The van der Waals surface area contributed by atoms with E-state index in [9.17, 15) is 4.79 Å². The number of hydrogen-bond donors (Lipinski definition) is 1. The molecule has 1 saturated carbocycles. The Hall–Kier alpha value is -2.67. The second kappa shape index (κ2) is 7.87. The zero-order valence-corrected chi connectivity index (χ0v) is 17.6. The van der Waals surface area contributed by atoms with Crippen LogP contribution in [-0.2, 0) is 13.6 Å². The van der Waals surface area contributed by atoms with Crippen molar-refractivity contribution >= 4 is 17.1 Å². The van der Waals surface area contributed by atoms with Gasteiger partial charge in [0.15, 0.2) is 11.2 Å². The average Bonchev–Trinajstić information content (AvgIpc) is 3.40. The van der Waals surface area contributed by atoms with Gasteiger partial charge in [0.1, 0.15) is 5.82 Å². The van der Waals surface area contributed by atoms with Gasteiger partial charge in [0, 0.05) is 32.1 Å². The van der Waals surface area contributed by atoms with Gasteiger partial charge in [-0.2, -0.15) is 4.98 Å². The van der Waals surface area contributed by atoms with Gasteiger partial charge in [-0.15, -0.1) is 0 Å². The van der Waals surface area contributed by atoms with Crippen LogP contribution in [0.15, 0.2) is 35.1 Å². The number of aromatic nitrogens is 4. The molecule has 3 aromatic rings. The van der Waals surface area contributed by atoms with Gasteiger partial charge in [-0.3, -0.25) is 13.9 Å². The highest BCUT2D eigenvalue weighted by atomic mass is 16.1. The van der Waals surface area contributed by atoms with E-state index in [0.29, 0.717) is 23.6 Å². The Balaban J connectivity index is 1.67. The number of piperidine rings is 1. The van der Waals surface area contributed by atoms with Crippen LogP contribution < -0.4 is 16.2 Å². The van der Waals surface area contributed by atoms with E-state index in [-0.39, 0.29) is 11.6 Å². The first kappa shape index (κ1) is 19.3. The largest absolute Gasteiger partial charge is 0.341 e. The minimum Gasteiger partial charge on any atom is -0.341 e. The molecule has 1 aliphatic heterocycles. The lowest BCUT2D eigenvalue weighted by Crippen LogP contribution is -2.44. The Bertz CT molecular complexity index is 1100. The van der Waals surface area contributed by atoms with Crippen molar-refractivity contribution in [2.45, 2.75) is 57.0 Å². The summed E-state index contributed by atoms with van der Waals surface area (Å²) in [5.74, 6) is 2.06. The molecule has 0 spiro atoms. The van der Waals surface area contributed by atoms with Crippen LogP contribution in [0, 0.1) is 0 Å². The molecular weight excluding hydrogens is 376 g/mol. The molecule has 2 aromatic heterocycles. The number of anilines is 1. The summed E-state index contributed by atoms with van der Waals surface area (Å²) in [5.41, 5.74) is 8.57. The third-order valence-corrected chi connectivity index (χ3v) is 6.64. The predicted octanol–water partition coefficient (Wildman–Crippen LogP) is 2.76. The fraction of sp³-hybridized carbons (Fsp3) is 0.522. The maximum absolute atomic E-state index is 13.5. The van der Waals surface area contributed by atoms with Gasteiger partial charge in [0.25, 0.3) is 5.56 Å². The van der Waals surface area contributed by atoms with E-state index < -0.39 is 0 Å². The molecule has 1 aromatic carbocycles. The first-order chi connectivity index (χ1) is 14.6. The fourth-order valence-corrected chi connectivity index (χ4v) is 5.06. The SMILES string of the molecule is Cn1c(C2CCCC2)nc2nc(N3CCCC(N)C3)n(Cc3ccccc3)c2c1=O. The Labute approximate surface area is 176 Å². The molecule has 2 N–H and O–H groups in total. The number of benzene rings is 1. The lowest BCUT2D eigenvalue weighted by atomic mass is 10.1.